The Balaban J connectivity index is 1.74. The molecule has 0 saturated carbocycles. The van der Waals surface area contributed by atoms with E-state index >= 15 is 0 Å². The van der Waals surface area contributed by atoms with Gasteiger partial charge in [-0.05, 0) is 43.1 Å². The molecule has 4 nitrogen and oxygen atoms in total. The molecule has 0 spiro atoms. The van der Waals surface area contributed by atoms with Gasteiger partial charge in [0.2, 0.25) is 0 Å². The molecule has 0 aliphatic carbocycles. The fraction of sp³-hybridized carbons (Fsp3) is 0.500. The second-order valence-corrected chi connectivity index (χ2v) is 4.57. The summed E-state index contributed by atoms with van der Waals surface area (Å²) in [7, 11) is 1.63. The summed E-state index contributed by atoms with van der Waals surface area (Å²) in [5, 5.41) is 3.24. The fourth-order valence-electron chi connectivity index (χ4n) is 2.07. The lowest BCUT2D eigenvalue weighted by Gasteiger charge is -2.09. The normalized spacial score (nSPS) is 18.6. The Morgan fingerprint density at radius 3 is 2.78 bits per heavy atom. The highest BCUT2D eigenvalue weighted by Gasteiger charge is 2.18. The van der Waals surface area contributed by atoms with Crippen molar-refractivity contribution < 1.29 is 14.3 Å². The molecule has 0 aromatic heterocycles. The molecule has 1 fully saturated rings. The van der Waals surface area contributed by atoms with Crippen molar-refractivity contribution in [3.63, 3.8) is 0 Å². The fourth-order valence-corrected chi connectivity index (χ4v) is 2.07. The van der Waals surface area contributed by atoms with Gasteiger partial charge in [0.15, 0.2) is 0 Å². The number of carbonyl (C=O) groups excluding carboxylic acids is 1. The van der Waals surface area contributed by atoms with Gasteiger partial charge in [-0.25, -0.2) is 0 Å². The third kappa shape index (κ3) is 3.74. The Morgan fingerprint density at radius 2 is 2.17 bits per heavy atom. The van der Waals surface area contributed by atoms with Crippen LogP contribution in [0.3, 0.4) is 0 Å². The number of ether oxygens (including phenoxy) is 2. The molecule has 0 radical (unpaired) electrons. The molecule has 2 rings (SSSR count). The first kappa shape index (κ1) is 12.9. The predicted octanol–water partition coefficient (Wildman–Crippen LogP) is 1.74. The summed E-state index contributed by atoms with van der Waals surface area (Å²) in [6, 6.07) is 7.54. The molecule has 1 aliphatic heterocycles. The second kappa shape index (κ2) is 6.40. The van der Waals surface area contributed by atoms with E-state index in [9.17, 15) is 4.79 Å². The summed E-state index contributed by atoms with van der Waals surface area (Å²) in [6.45, 7) is 2.27. The van der Waals surface area contributed by atoms with Crippen LogP contribution in [0.4, 0.5) is 0 Å². The van der Waals surface area contributed by atoms with Gasteiger partial charge < -0.3 is 14.8 Å². The molecule has 4 heteroatoms. The highest BCUT2D eigenvalue weighted by atomic mass is 16.5. The van der Waals surface area contributed by atoms with E-state index in [1.165, 1.54) is 0 Å². The van der Waals surface area contributed by atoms with Crippen molar-refractivity contribution in [2.24, 2.45) is 5.92 Å². The van der Waals surface area contributed by atoms with Gasteiger partial charge in [0.1, 0.15) is 12.4 Å². The first-order valence-corrected chi connectivity index (χ1v) is 6.27. The van der Waals surface area contributed by atoms with Crippen molar-refractivity contribution >= 4 is 5.97 Å². The van der Waals surface area contributed by atoms with Gasteiger partial charge in [-0.15, -0.1) is 0 Å². The Bertz CT molecular complexity index is 383. The molecule has 1 N–H and O–H groups in total. The molecular formula is C14H19NO3. The molecular weight excluding hydrogens is 230 g/mol. The molecule has 0 amide bonds. The van der Waals surface area contributed by atoms with Crippen molar-refractivity contribution in [3.05, 3.63) is 29.8 Å². The van der Waals surface area contributed by atoms with Crippen LogP contribution in [0, 0.1) is 5.92 Å². The molecule has 18 heavy (non-hydrogen) atoms. The van der Waals surface area contributed by atoms with E-state index in [1.54, 1.807) is 7.11 Å². The molecule has 1 unspecified atom stereocenters. The van der Waals surface area contributed by atoms with Crippen LogP contribution in [0.25, 0.3) is 0 Å². The van der Waals surface area contributed by atoms with Crippen molar-refractivity contribution in [2.45, 2.75) is 19.4 Å². The van der Waals surface area contributed by atoms with Gasteiger partial charge in [0, 0.05) is 6.42 Å². The highest BCUT2D eigenvalue weighted by molar-refractivity contribution is 5.69. The summed E-state index contributed by atoms with van der Waals surface area (Å²) in [5.74, 6) is 1.13. The molecule has 98 valence electrons. The maximum atomic E-state index is 11.6. The van der Waals surface area contributed by atoms with E-state index in [0.29, 0.717) is 18.9 Å². The van der Waals surface area contributed by atoms with Crippen LogP contribution in [0.1, 0.15) is 18.4 Å². The van der Waals surface area contributed by atoms with Gasteiger partial charge in [-0.3, -0.25) is 4.79 Å². The zero-order chi connectivity index (χ0) is 12.8. The standard InChI is InChI=1S/C14H19NO3/c1-17-13-4-2-11(3-5-13)10-18-14(16)8-12-6-7-15-9-12/h2-5,12,15H,6-10H2,1H3. The first-order chi connectivity index (χ1) is 8.78. The van der Waals surface area contributed by atoms with Gasteiger partial charge in [0.05, 0.1) is 7.11 Å². The molecule has 1 atom stereocenters. The zero-order valence-corrected chi connectivity index (χ0v) is 10.6. The number of rotatable bonds is 5. The third-order valence-corrected chi connectivity index (χ3v) is 3.18. The van der Waals surface area contributed by atoms with E-state index in [1.807, 2.05) is 24.3 Å². The first-order valence-electron chi connectivity index (χ1n) is 6.27. The lowest BCUT2D eigenvalue weighted by atomic mass is 10.1. The van der Waals surface area contributed by atoms with Crippen molar-refractivity contribution in [1.82, 2.24) is 5.32 Å². The topological polar surface area (TPSA) is 47.6 Å². The van der Waals surface area contributed by atoms with Crippen LogP contribution in [-0.4, -0.2) is 26.2 Å². The average molecular weight is 249 g/mol. The predicted molar refractivity (Wildman–Crippen MR) is 68.4 cm³/mol. The zero-order valence-electron chi connectivity index (χ0n) is 10.6. The smallest absolute Gasteiger partial charge is 0.306 e. The number of carbonyl (C=O) groups is 1. The SMILES string of the molecule is COc1ccc(COC(=O)CC2CCNC2)cc1. The Morgan fingerprint density at radius 1 is 1.39 bits per heavy atom. The van der Waals surface area contributed by atoms with E-state index in [4.69, 9.17) is 9.47 Å². The van der Waals surface area contributed by atoms with Crippen LogP contribution < -0.4 is 10.1 Å². The number of hydrogen-bond donors (Lipinski definition) is 1. The summed E-state index contributed by atoms with van der Waals surface area (Å²) < 4.78 is 10.3. The molecule has 1 heterocycles. The monoisotopic (exact) mass is 249 g/mol. The highest BCUT2D eigenvalue weighted by Crippen LogP contribution is 2.15. The van der Waals surface area contributed by atoms with Crippen LogP contribution in [0.15, 0.2) is 24.3 Å². The Kier molecular flexibility index (Phi) is 4.59. The third-order valence-electron chi connectivity index (χ3n) is 3.18. The van der Waals surface area contributed by atoms with Crippen LogP contribution in [-0.2, 0) is 16.1 Å². The van der Waals surface area contributed by atoms with Crippen LogP contribution in [0.5, 0.6) is 5.75 Å². The van der Waals surface area contributed by atoms with E-state index in [-0.39, 0.29) is 5.97 Å². The minimum absolute atomic E-state index is 0.112. The Hall–Kier alpha value is -1.55. The average Bonchev–Trinajstić information content (AvgIpc) is 2.90. The molecule has 1 aliphatic rings. The minimum atomic E-state index is -0.112. The van der Waals surface area contributed by atoms with Gasteiger partial charge >= 0.3 is 5.97 Å². The Labute approximate surface area is 107 Å². The van der Waals surface area contributed by atoms with Gasteiger partial charge in [-0.2, -0.15) is 0 Å². The maximum Gasteiger partial charge on any atom is 0.306 e. The van der Waals surface area contributed by atoms with Gasteiger partial charge in [-0.1, -0.05) is 12.1 Å². The minimum Gasteiger partial charge on any atom is -0.497 e. The number of nitrogens with one attached hydrogen (secondary N) is 1. The van der Waals surface area contributed by atoms with Crippen molar-refractivity contribution in [3.8, 4) is 5.75 Å². The second-order valence-electron chi connectivity index (χ2n) is 4.57. The summed E-state index contributed by atoms with van der Waals surface area (Å²) in [4.78, 5) is 11.6. The molecule has 1 aromatic rings. The molecule has 1 aromatic carbocycles. The largest absolute Gasteiger partial charge is 0.497 e. The quantitative estimate of drug-likeness (QED) is 0.807. The van der Waals surface area contributed by atoms with Crippen molar-refractivity contribution in [1.29, 1.82) is 0 Å². The van der Waals surface area contributed by atoms with E-state index < -0.39 is 0 Å². The molecule has 0 bridgehead atoms. The molecule has 1 saturated heterocycles. The maximum absolute atomic E-state index is 11.6. The summed E-state index contributed by atoms with van der Waals surface area (Å²) in [6.07, 6.45) is 1.58. The number of hydrogen-bond acceptors (Lipinski definition) is 4. The lowest BCUT2D eigenvalue weighted by molar-refractivity contribution is -0.145. The van der Waals surface area contributed by atoms with Gasteiger partial charge in [0.25, 0.3) is 0 Å². The van der Waals surface area contributed by atoms with E-state index in [0.717, 1.165) is 30.8 Å². The van der Waals surface area contributed by atoms with Crippen molar-refractivity contribution in [2.75, 3.05) is 20.2 Å². The lowest BCUT2D eigenvalue weighted by Crippen LogP contribution is -2.14. The van der Waals surface area contributed by atoms with Crippen LogP contribution >= 0.6 is 0 Å². The summed E-state index contributed by atoms with van der Waals surface area (Å²) >= 11 is 0. The summed E-state index contributed by atoms with van der Waals surface area (Å²) in [5.41, 5.74) is 0.980. The number of methoxy groups -OCH3 is 1. The number of benzene rings is 1. The van der Waals surface area contributed by atoms with Crippen LogP contribution in [0.2, 0.25) is 0 Å². The van der Waals surface area contributed by atoms with E-state index in [2.05, 4.69) is 5.32 Å². The number of esters is 1.